The first-order valence-corrected chi connectivity index (χ1v) is 9.09. The van der Waals surface area contributed by atoms with Crippen molar-refractivity contribution in [2.45, 2.75) is 31.8 Å². The second-order valence-electron chi connectivity index (χ2n) is 6.99. The molecular weight excluding hydrogens is 337 g/mol. The predicted octanol–water partition coefficient (Wildman–Crippen LogP) is 1.84. The van der Waals surface area contributed by atoms with E-state index in [1.54, 1.807) is 19.2 Å². The number of carbonyl (C=O) groups excluding carboxylic acids is 1. The maximum atomic E-state index is 13.1. The van der Waals surface area contributed by atoms with Crippen molar-refractivity contribution in [1.82, 2.24) is 10.6 Å². The van der Waals surface area contributed by atoms with E-state index >= 15 is 0 Å². The molecule has 0 saturated carbocycles. The van der Waals surface area contributed by atoms with E-state index < -0.39 is 5.41 Å². The van der Waals surface area contributed by atoms with Crippen molar-refractivity contribution < 1.29 is 18.8 Å². The van der Waals surface area contributed by atoms with Crippen LogP contribution in [-0.2, 0) is 14.4 Å². The Morgan fingerprint density at radius 1 is 1.46 bits per heavy atom. The summed E-state index contributed by atoms with van der Waals surface area (Å²) >= 11 is 0. The highest BCUT2D eigenvalue weighted by Gasteiger charge is 2.43. The van der Waals surface area contributed by atoms with Crippen LogP contribution in [0.2, 0.25) is 0 Å². The minimum atomic E-state index is -0.496. The zero-order valence-corrected chi connectivity index (χ0v) is 15.1. The highest BCUT2D eigenvalue weighted by Crippen LogP contribution is 2.35. The quantitative estimate of drug-likeness (QED) is 0.725. The maximum absolute atomic E-state index is 13.1. The highest BCUT2D eigenvalue weighted by molar-refractivity contribution is 6.01. The van der Waals surface area contributed by atoms with E-state index in [1.807, 2.05) is 0 Å². The number of methoxy groups -OCH3 is 1. The molecule has 1 amide bonds. The van der Waals surface area contributed by atoms with Gasteiger partial charge in [-0.05, 0) is 37.1 Å². The number of hydrogen-bond donors (Lipinski definition) is 2. The number of piperidine rings is 1. The SMILES string of the molecule is COCCNC(=O)C1(CC2CC(c3ccc(F)cc3)=NO2)CCCNC1. The van der Waals surface area contributed by atoms with Gasteiger partial charge in [0.05, 0.1) is 17.7 Å². The molecule has 0 spiro atoms. The molecule has 2 heterocycles. The zero-order chi connectivity index (χ0) is 18.4. The van der Waals surface area contributed by atoms with E-state index in [1.165, 1.54) is 12.1 Å². The van der Waals surface area contributed by atoms with Crippen molar-refractivity contribution in [2.24, 2.45) is 10.6 Å². The Kier molecular flexibility index (Phi) is 6.21. The number of amides is 1. The summed E-state index contributed by atoms with van der Waals surface area (Å²) in [5.74, 6) is -0.231. The molecule has 1 fully saturated rings. The molecule has 26 heavy (non-hydrogen) atoms. The van der Waals surface area contributed by atoms with Gasteiger partial charge in [-0.3, -0.25) is 4.79 Å². The summed E-state index contributed by atoms with van der Waals surface area (Å²) in [6.07, 6.45) is 2.86. The fourth-order valence-corrected chi connectivity index (χ4v) is 3.67. The summed E-state index contributed by atoms with van der Waals surface area (Å²) in [7, 11) is 1.62. The van der Waals surface area contributed by atoms with Gasteiger partial charge in [0, 0.05) is 33.0 Å². The van der Waals surface area contributed by atoms with E-state index in [2.05, 4.69) is 15.8 Å². The van der Waals surface area contributed by atoms with Gasteiger partial charge in [-0.1, -0.05) is 17.3 Å². The van der Waals surface area contributed by atoms with Gasteiger partial charge in [0.2, 0.25) is 5.91 Å². The first-order chi connectivity index (χ1) is 12.6. The number of carbonyl (C=O) groups is 1. The van der Waals surface area contributed by atoms with E-state index in [4.69, 9.17) is 9.57 Å². The first-order valence-electron chi connectivity index (χ1n) is 9.09. The van der Waals surface area contributed by atoms with Crippen molar-refractivity contribution in [3.63, 3.8) is 0 Å². The van der Waals surface area contributed by atoms with E-state index in [-0.39, 0.29) is 17.8 Å². The Morgan fingerprint density at radius 2 is 2.27 bits per heavy atom. The number of oxime groups is 1. The van der Waals surface area contributed by atoms with Gasteiger partial charge in [-0.15, -0.1) is 0 Å². The number of nitrogens with one attached hydrogen (secondary N) is 2. The Hall–Kier alpha value is -1.99. The van der Waals surface area contributed by atoms with Crippen LogP contribution in [0.25, 0.3) is 0 Å². The van der Waals surface area contributed by atoms with Crippen LogP contribution in [0, 0.1) is 11.2 Å². The molecule has 2 unspecified atom stereocenters. The standard InChI is InChI=1S/C19H26FN3O3/c1-25-10-9-22-18(24)19(7-2-8-21-13-19)12-16-11-17(23-26-16)14-3-5-15(20)6-4-14/h3-6,16,21H,2,7-13H2,1H3,(H,22,24). The largest absolute Gasteiger partial charge is 0.392 e. The topological polar surface area (TPSA) is 72.0 Å². The van der Waals surface area contributed by atoms with Gasteiger partial charge < -0.3 is 20.2 Å². The number of halogens is 1. The van der Waals surface area contributed by atoms with Crippen LogP contribution in [0.4, 0.5) is 4.39 Å². The van der Waals surface area contributed by atoms with Gasteiger partial charge >= 0.3 is 0 Å². The highest BCUT2D eigenvalue weighted by atomic mass is 19.1. The minimum absolute atomic E-state index is 0.0422. The smallest absolute Gasteiger partial charge is 0.227 e. The minimum Gasteiger partial charge on any atom is -0.392 e. The molecule has 1 saturated heterocycles. The number of rotatable bonds is 7. The molecule has 0 aliphatic carbocycles. The second-order valence-corrected chi connectivity index (χ2v) is 6.99. The molecule has 7 heteroatoms. The third-order valence-electron chi connectivity index (χ3n) is 5.07. The van der Waals surface area contributed by atoms with Crippen LogP contribution in [0.5, 0.6) is 0 Å². The Bertz CT molecular complexity index is 642. The molecule has 6 nitrogen and oxygen atoms in total. The monoisotopic (exact) mass is 363 g/mol. The molecular formula is C19H26FN3O3. The maximum Gasteiger partial charge on any atom is 0.227 e. The lowest BCUT2D eigenvalue weighted by atomic mass is 9.74. The zero-order valence-electron chi connectivity index (χ0n) is 15.1. The second kappa shape index (κ2) is 8.60. The molecule has 142 valence electrons. The summed E-state index contributed by atoms with van der Waals surface area (Å²) in [6.45, 7) is 2.56. The molecule has 0 aromatic heterocycles. The Labute approximate surface area is 153 Å². The third-order valence-corrected chi connectivity index (χ3v) is 5.07. The van der Waals surface area contributed by atoms with Crippen LogP contribution in [0.1, 0.15) is 31.2 Å². The van der Waals surface area contributed by atoms with E-state index in [9.17, 15) is 9.18 Å². The van der Waals surface area contributed by atoms with Crippen molar-refractivity contribution in [2.75, 3.05) is 33.4 Å². The summed E-state index contributed by atoms with van der Waals surface area (Å²) < 4.78 is 18.1. The fourth-order valence-electron chi connectivity index (χ4n) is 3.67. The molecule has 3 rings (SSSR count). The van der Waals surface area contributed by atoms with Gasteiger partial charge in [0.25, 0.3) is 0 Å². The molecule has 1 aromatic carbocycles. The lowest BCUT2D eigenvalue weighted by molar-refractivity contribution is -0.134. The normalized spacial score (nSPS) is 25.5. The van der Waals surface area contributed by atoms with Crippen molar-refractivity contribution in [3.8, 4) is 0 Å². The molecule has 2 atom stereocenters. The van der Waals surface area contributed by atoms with E-state index in [0.29, 0.717) is 32.5 Å². The number of hydrogen-bond acceptors (Lipinski definition) is 5. The Balaban J connectivity index is 1.63. The lowest BCUT2D eigenvalue weighted by Crippen LogP contribution is -2.52. The van der Waals surface area contributed by atoms with Crippen molar-refractivity contribution >= 4 is 11.6 Å². The van der Waals surface area contributed by atoms with Crippen LogP contribution in [0.3, 0.4) is 0 Å². The fraction of sp³-hybridized carbons (Fsp3) is 0.579. The molecule has 2 aliphatic rings. The van der Waals surface area contributed by atoms with Gasteiger partial charge in [-0.25, -0.2) is 4.39 Å². The molecule has 1 aromatic rings. The molecule has 0 bridgehead atoms. The Morgan fingerprint density at radius 3 is 2.96 bits per heavy atom. The van der Waals surface area contributed by atoms with Crippen molar-refractivity contribution in [1.29, 1.82) is 0 Å². The third kappa shape index (κ3) is 4.40. The summed E-state index contributed by atoms with van der Waals surface area (Å²) in [5, 5.41) is 10.5. The van der Waals surface area contributed by atoms with Gasteiger partial charge in [0.15, 0.2) is 0 Å². The predicted molar refractivity (Wildman–Crippen MR) is 96.5 cm³/mol. The average molecular weight is 363 g/mol. The summed E-state index contributed by atoms with van der Waals surface area (Å²) in [5.41, 5.74) is 1.16. The number of benzene rings is 1. The van der Waals surface area contributed by atoms with Crippen LogP contribution < -0.4 is 10.6 Å². The van der Waals surface area contributed by atoms with Gasteiger partial charge in [0.1, 0.15) is 11.9 Å². The number of ether oxygens (including phenoxy) is 1. The summed E-state index contributed by atoms with van der Waals surface area (Å²) in [4.78, 5) is 18.4. The average Bonchev–Trinajstić information content (AvgIpc) is 3.11. The first kappa shape index (κ1) is 18.8. The van der Waals surface area contributed by atoms with Crippen molar-refractivity contribution in [3.05, 3.63) is 35.6 Å². The molecule has 0 radical (unpaired) electrons. The van der Waals surface area contributed by atoms with Crippen LogP contribution in [0.15, 0.2) is 29.4 Å². The molecule has 2 N–H and O–H groups in total. The number of nitrogens with zero attached hydrogens (tertiary/aromatic N) is 1. The summed E-state index contributed by atoms with van der Waals surface area (Å²) in [6, 6.07) is 6.24. The molecule has 2 aliphatic heterocycles. The van der Waals surface area contributed by atoms with Crippen LogP contribution in [-0.4, -0.2) is 51.1 Å². The van der Waals surface area contributed by atoms with Gasteiger partial charge in [-0.2, -0.15) is 0 Å². The lowest BCUT2D eigenvalue weighted by Gasteiger charge is -2.37. The van der Waals surface area contributed by atoms with Crippen LogP contribution >= 0.6 is 0 Å². The van der Waals surface area contributed by atoms with E-state index in [0.717, 1.165) is 30.7 Å².